The van der Waals surface area contributed by atoms with Gasteiger partial charge in [-0.15, -0.1) is 0 Å². The molecule has 0 aliphatic carbocycles. The SMILES string of the molecule is Cc1ncc(CNCC[C@@H](C)O)n1-c1ccccc1. The summed E-state index contributed by atoms with van der Waals surface area (Å²) in [5, 5.41) is 12.6. The third kappa shape index (κ3) is 3.66. The minimum absolute atomic E-state index is 0.256. The van der Waals surface area contributed by atoms with E-state index >= 15 is 0 Å². The molecule has 4 nitrogen and oxygen atoms in total. The number of aliphatic hydroxyl groups excluding tert-OH is 1. The Hall–Kier alpha value is -1.65. The van der Waals surface area contributed by atoms with Gasteiger partial charge in [0.25, 0.3) is 0 Å². The van der Waals surface area contributed by atoms with Crippen LogP contribution in [0.25, 0.3) is 5.69 Å². The predicted octanol–water partition coefficient (Wildman–Crippen LogP) is 2.04. The second-order valence-corrected chi connectivity index (χ2v) is 4.78. The maximum absolute atomic E-state index is 9.23. The largest absolute Gasteiger partial charge is 0.393 e. The van der Waals surface area contributed by atoms with Gasteiger partial charge in [-0.05, 0) is 38.9 Å². The van der Waals surface area contributed by atoms with Gasteiger partial charge in [0.15, 0.2) is 0 Å². The summed E-state index contributed by atoms with van der Waals surface area (Å²) in [6.07, 6.45) is 2.41. The van der Waals surface area contributed by atoms with Crippen LogP contribution in [0, 0.1) is 6.92 Å². The van der Waals surface area contributed by atoms with Crippen molar-refractivity contribution in [3.05, 3.63) is 48.0 Å². The molecule has 1 aromatic carbocycles. The van der Waals surface area contributed by atoms with E-state index in [2.05, 4.69) is 27.0 Å². The Kier molecular flexibility index (Phi) is 4.71. The van der Waals surface area contributed by atoms with Crippen molar-refractivity contribution in [2.45, 2.75) is 32.9 Å². The van der Waals surface area contributed by atoms with Gasteiger partial charge in [-0.3, -0.25) is 4.57 Å². The van der Waals surface area contributed by atoms with Gasteiger partial charge in [0.05, 0.1) is 18.0 Å². The molecule has 2 N–H and O–H groups in total. The predicted molar refractivity (Wildman–Crippen MR) is 76.3 cm³/mol. The van der Waals surface area contributed by atoms with E-state index in [0.717, 1.165) is 36.7 Å². The van der Waals surface area contributed by atoms with E-state index in [1.54, 1.807) is 6.92 Å². The highest BCUT2D eigenvalue weighted by Crippen LogP contribution is 2.14. The maximum Gasteiger partial charge on any atom is 0.110 e. The summed E-state index contributed by atoms with van der Waals surface area (Å²) in [5.74, 6) is 0.985. The number of imidazole rings is 1. The molecular weight excluding hydrogens is 238 g/mol. The molecule has 2 aromatic rings. The van der Waals surface area contributed by atoms with Crippen LogP contribution in [-0.4, -0.2) is 27.3 Å². The van der Waals surface area contributed by atoms with Crippen molar-refractivity contribution in [3.63, 3.8) is 0 Å². The standard InChI is InChI=1S/C15H21N3O/c1-12(19)8-9-16-10-15-11-17-13(2)18(15)14-6-4-3-5-7-14/h3-7,11-12,16,19H,8-10H2,1-2H3/t12-/m1/s1. The molecule has 2 rings (SSSR count). The van der Waals surface area contributed by atoms with E-state index in [9.17, 15) is 5.11 Å². The smallest absolute Gasteiger partial charge is 0.110 e. The van der Waals surface area contributed by atoms with Gasteiger partial charge in [-0.2, -0.15) is 0 Å². The van der Waals surface area contributed by atoms with Crippen LogP contribution >= 0.6 is 0 Å². The lowest BCUT2D eigenvalue weighted by Gasteiger charge is -2.11. The fourth-order valence-electron chi connectivity index (χ4n) is 2.07. The number of hydrogen-bond donors (Lipinski definition) is 2. The summed E-state index contributed by atoms with van der Waals surface area (Å²) < 4.78 is 2.15. The minimum Gasteiger partial charge on any atom is -0.393 e. The Bertz CT molecular complexity index is 505. The van der Waals surface area contributed by atoms with E-state index in [1.807, 2.05) is 31.3 Å². The molecular formula is C15H21N3O. The third-order valence-electron chi connectivity index (χ3n) is 3.07. The first kappa shape index (κ1) is 13.8. The maximum atomic E-state index is 9.23. The summed E-state index contributed by atoms with van der Waals surface area (Å²) in [6, 6.07) is 10.2. The van der Waals surface area contributed by atoms with Crippen LogP contribution < -0.4 is 5.32 Å². The van der Waals surface area contributed by atoms with Crippen LogP contribution in [0.3, 0.4) is 0 Å². The van der Waals surface area contributed by atoms with Crippen molar-refractivity contribution < 1.29 is 5.11 Å². The molecule has 19 heavy (non-hydrogen) atoms. The number of rotatable bonds is 6. The zero-order chi connectivity index (χ0) is 13.7. The Balaban J connectivity index is 2.06. The number of aryl methyl sites for hydroxylation is 1. The topological polar surface area (TPSA) is 50.1 Å². The highest BCUT2D eigenvalue weighted by Gasteiger charge is 2.07. The monoisotopic (exact) mass is 259 g/mol. The summed E-state index contributed by atoms with van der Waals surface area (Å²) in [4.78, 5) is 4.38. The number of aliphatic hydroxyl groups is 1. The second-order valence-electron chi connectivity index (χ2n) is 4.78. The Morgan fingerprint density at radius 3 is 2.74 bits per heavy atom. The van der Waals surface area contributed by atoms with Gasteiger partial charge in [0.1, 0.15) is 5.82 Å². The first-order valence-corrected chi connectivity index (χ1v) is 6.66. The zero-order valence-corrected chi connectivity index (χ0v) is 11.5. The van der Waals surface area contributed by atoms with E-state index in [-0.39, 0.29) is 6.10 Å². The van der Waals surface area contributed by atoms with Crippen LogP contribution in [0.4, 0.5) is 0 Å². The lowest BCUT2D eigenvalue weighted by Crippen LogP contribution is -2.20. The molecule has 1 aromatic heterocycles. The number of aromatic nitrogens is 2. The number of benzene rings is 1. The molecule has 0 unspecified atom stereocenters. The number of para-hydroxylation sites is 1. The Morgan fingerprint density at radius 1 is 1.32 bits per heavy atom. The van der Waals surface area contributed by atoms with E-state index < -0.39 is 0 Å². The molecule has 0 aliphatic rings. The van der Waals surface area contributed by atoms with Crippen LogP contribution in [0.2, 0.25) is 0 Å². The Labute approximate surface area is 114 Å². The molecule has 0 radical (unpaired) electrons. The normalized spacial score (nSPS) is 12.6. The minimum atomic E-state index is -0.256. The summed E-state index contributed by atoms with van der Waals surface area (Å²) in [5.41, 5.74) is 2.26. The molecule has 0 bridgehead atoms. The third-order valence-corrected chi connectivity index (χ3v) is 3.07. The first-order chi connectivity index (χ1) is 9.18. The van der Waals surface area contributed by atoms with Crippen molar-refractivity contribution in [1.82, 2.24) is 14.9 Å². The average Bonchev–Trinajstić information content (AvgIpc) is 2.77. The van der Waals surface area contributed by atoms with E-state index in [0.29, 0.717) is 0 Å². The van der Waals surface area contributed by atoms with Crippen LogP contribution in [0.1, 0.15) is 24.9 Å². The van der Waals surface area contributed by atoms with Crippen molar-refractivity contribution in [1.29, 1.82) is 0 Å². The van der Waals surface area contributed by atoms with Gasteiger partial charge in [-0.1, -0.05) is 18.2 Å². The average molecular weight is 259 g/mol. The second kappa shape index (κ2) is 6.50. The molecule has 0 amide bonds. The molecule has 1 heterocycles. The Morgan fingerprint density at radius 2 is 2.05 bits per heavy atom. The summed E-state index contributed by atoms with van der Waals surface area (Å²) >= 11 is 0. The molecule has 0 saturated carbocycles. The summed E-state index contributed by atoms with van der Waals surface area (Å²) in [7, 11) is 0. The quantitative estimate of drug-likeness (QED) is 0.781. The van der Waals surface area contributed by atoms with Crippen LogP contribution in [0.5, 0.6) is 0 Å². The van der Waals surface area contributed by atoms with Crippen molar-refractivity contribution >= 4 is 0 Å². The van der Waals surface area contributed by atoms with Gasteiger partial charge < -0.3 is 10.4 Å². The molecule has 0 saturated heterocycles. The molecule has 0 spiro atoms. The molecule has 0 aliphatic heterocycles. The van der Waals surface area contributed by atoms with Gasteiger partial charge in [-0.25, -0.2) is 4.98 Å². The molecule has 0 fully saturated rings. The highest BCUT2D eigenvalue weighted by atomic mass is 16.3. The van der Waals surface area contributed by atoms with Crippen molar-refractivity contribution in [3.8, 4) is 5.69 Å². The van der Waals surface area contributed by atoms with Crippen LogP contribution in [-0.2, 0) is 6.54 Å². The van der Waals surface area contributed by atoms with E-state index in [4.69, 9.17) is 0 Å². The molecule has 4 heteroatoms. The number of hydrogen-bond acceptors (Lipinski definition) is 3. The molecule has 102 valence electrons. The van der Waals surface area contributed by atoms with Crippen LogP contribution in [0.15, 0.2) is 36.5 Å². The number of nitrogens with zero attached hydrogens (tertiary/aromatic N) is 2. The lowest BCUT2D eigenvalue weighted by atomic mass is 10.3. The van der Waals surface area contributed by atoms with Crippen molar-refractivity contribution in [2.24, 2.45) is 0 Å². The fraction of sp³-hybridized carbons (Fsp3) is 0.400. The van der Waals surface area contributed by atoms with Gasteiger partial charge in [0.2, 0.25) is 0 Å². The van der Waals surface area contributed by atoms with Gasteiger partial charge >= 0.3 is 0 Å². The first-order valence-electron chi connectivity index (χ1n) is 6.66. The fourth-order valence-corrected chi connectivity index (χ4v) is 2.07. The molecule has 1 atom stereocenters. The zero-order valence-electron chi connectivity index (χ0n) is 11.5. The van der Waals surface area contributed by atoms with E-state index in [1.165, 1.54) is 0 Å². The number of nitrogens with one attached hydrogen (secondary N) is 1. The lowest BCUT2D eigenvalue weighted by molar-refractivity contribution is 0.183. The highest BCUT2D eigenvalue weighted by molar-refractivity contribution is 5.35. The van der Waals surface area contributed by atoms with Crippen molar-refractivity contribution in [2.75, 3.05) is 6.54 Å². The summed E-state index contributed by atoms with van der Waals surface area (Å²) in [6.45, 7) is 5.37. The van der Waals surface area contributed by atoms with Gasteiger partial charge in [0, 0.05) is 12.2 Å².